The molecule has 1 aliphatic carbocycles. The maximum Gasteiger partial charge on any atom is 0.137 e. The maximum absolute atomic E-state index is 11.1. The fourth-order valence-corrected chi connectivity index (χ4v) is 1.77. The first-order chi connectivity index (χ1) is 8.29. The number of rotatable bonds is 1. The van der Waals surface area contributed by atoms with Gasteiger partial charge >= 0.3 is 0 Å². The minimum absolute atomic E-state index is 0.301. The Balaban J connectivity index is 0.000000686. The monoisotopic (exact) mass is 227 g/mol. The molecule has 0 aliphatic heterocycles. The summed E-state index contributed by atoms with van der Waals surface area (Å²) in [5.74, 6) is 0.301. The first-order valence-electron chi connectivity index (χ1n) is 6.01. The van der Waals surface area contributed by atoms with Crippen molar-refractivity contribution in [3.8, 4) is 6.07 Å². The smallest absolute Gasteiger partial charge is 0.137 e. The quantitative estimate of drug-likeness (QED) is 0.733. The summed E-state index contributed by atoms with van der Waals surface area (Å²) in [6.07, 6.45) is 3.94. The van der Waals surface area contributed by atoms with Crippen LogP contribution in [0.1, 0.15) is 44.2 Å². The molecule has 88 valence electrons. The normalized spacial score (nSPS) is 14.2. The van der Waals surface area contributed by atoms with Crippen LogP contribution in [0.2, 0.25) is 0 Å². The van der Waals surface area contributed by atoms with E-state index >= 15 is 0 Å². The lowest BCUT2D eigenvalue weighted by atomic mass is 9.92. The van der Waals surface area contributed by atoms with Gasteiger partial charge in [-0.3, -0.25) is 4.79 Å². The second-order valence-electron chi connectivity index (χ2n) is 3.66. The highest BCUT2D eigenvalue weighted by Gasteiger charge is 2.11. The van der Waals surface area contributed by atoms with E-state index in [0.717, 1.165) is 12.0 Å². The van der Waals surface area contributed by atoms with Crippen molar-refractivity contribution in [3.05, 3.63) is 41.5 Å². The van der Waals surface area contributed by atoms with Crippen molar-refractivity contribution in [1.82, 2.24) is 0 Å². The van der Waals surface area contributed by atoms with Crippen LogP contribution in [0, 0.1) is 11.3 Å². The van der Waals surface area contributed by atoms with E-state index in [0.29, 0.717) is 24.2 Å². The highest BCUT2D eigenvalue weighted by Crippen LogP contribution is 2.25. The van der Waals surface area contributed by atoms with Gasteiger partial charge in [-0.05, 0) is 29.7 Å². The molecule has 0 amide bonds. The summed E-state index contributed by atoms with van der Waals surface area (Å²) in [4.78, 5) is 11.1. The minimum Gasteiger partial charge on any atom is -0.299 e. The zero-order valence-corrected chi connectivity index (χ0v) is 10.4. The number of benzene rings is 1. The van der Waals surface area contributed by atoms with E-state index in [9.17, 15) is 4.79 Å². The van der Waals surface area contributed by atoms with Crippen molar-refractivity contribution >= 4 is 11.4 Å². The summed E-state index contributed by atoms with van der Waals surface area (Å²) in [5.41, 5.74) is 2.93. The van der Waals surface area contributed by atoms with Crippen molar-refractivity contribution < 1.29 is 4.79 Å². The minimum atomic E-state index is 0.301. The lowest BCUT2D eigenvalue weighted by Gasteiger charge is -2.12. The molecule has 0 unspecified atom stereocenters. The Morgan fingerprint density at radius 3 is 2.59 bits per heavy atom. The van der Waals surface area contributed by atoms with Gasteiger partial charge in [0.2, 0.25) is 0 Å². The maximum atomic E-state index is 11.1. The van der Waals surface area contributed by atoms with Gasteiger partial charge in [-0.25, -0.2) is 0 Å². The van der Waals surface area contributed by atoms with Gasteiger partial charge in [0.25, 0.3) is 0 Å². The molecule has 0 saturated heterocycles. The molecule has 1 aromatic rings. The molecule has 0 aromatic heterocycles. The predicted octanol–water partition coefficient (Wildman–Crippen LogP) is 3.72. The van der Waals surface area contributed by atoms with Crippen LogP contribution >= 0.6 is 0 Å². The lowest BCUT2D eigenvalue weighted by molar-refractivity contribution is -0.118. The topological polar surface area (TPSA) is 40.9 Å². The van der Waals surface area contributed by atoms with E-state index in [1.54, 1.807) is 6.07 Å². The molecular weight excluding hydrogens is 210 g/mol. The van der Waals surface area contributed by atoms with E-state index < -0.39 is 0 Å². The summed E-state index contributed by atoms with van der Waals surface area (Å²) in [6, 6.07) is 9.66. The van der Waals surface area contributed by atoms with E-state index in [4.69, 9.17) is 5.26 Å². The Bertz CT molecular complexity index is 466. The van der Waals surface area contributed by atoms with Crippen LogP contribution in [0.15, 0.2) is 30.3 Å². The van der Waals surface area contributed by atoms with Crippen molar-refractivity contribution in [2.24, 2.45) is 0 Å². The highest BCUT2D eigenvalue weighted by atomic mass is 16.1. The third-order valence-electron chi connectivity index (χ3n) is 2.61. The van der Waals surface area contributed by atoms with Gasteiger partial charge in [0, 0.05) is 12.8 Å². The van der Waals surface area contributed by atoms with Crippen LogP contribution < -0.4 is 0 Å². The lowest BCUT2D eigenvalue weighted by Crippen LogP contribution is -2.02. The van der Waals surface area contributed by atoms with E-state index in [2.05, 4.69) is 6.07 Å². The molecule has 2 nitrogen and oxygen atoms in total. The average Bonchev–Trinajstić information content (AvgIpc) is 2.42. The molecule has 0 N–H and O–H groups in total. The fraction of sp³-hybridized carbons (Fsp3) is 0.333. The van der Waals surface area contributed by atoms with Crippen LogP contribution in [-0.4, -0.2) is 5.78 Å². The molecule has 0 spiro atoms. The largest absolute Gasteiger partial charge is 0.299 e. The molecule has 0 heterocycles. The number of Topliss-reactive ketones (excluding diaryl/α,β-unsaturated/α-hetero) is 1. The summed E-state index contributed by atoms with van der Waals surface area (Å²) < 4.78 is 0. The van der Waals surface area contributed by atoms with Crippen LogP contribution in [0.25, 0.3) is 5.57 Å². The molecule has 0 atom stereocenters. The number of carbonyl (C=O) groups excluding carboxylic acids is 1. The first-order valence-corrected chi connectivity index (χ1v) is 6.01. The molecule has 2 rings (SSSR count). The van der Waals surface area contributed by atoms with Gasteiger partial charge < -0.3 is 0 Å². The number of hydrogen-bond donors (Lipinski definition) is 0. The van der Waals surface area contributed by atoms with Crippen molar-refractivity contribution in [1.29, 1.82) is 5.26 Å². The number of nitriles is 1. The van der Waals surface area contributed by atoms with Gasteiger partial charge in [0.1, 0.15) is 5.78 Å². The van der Waals surface area contributed by atoms with E-state index in [1.807, 2.05) is 38.1 Å². The standard InChI is InChI=1S/C13H11NO.C2H6/c14-9-10-2-1-3-12(8-10)11-4-6-13(15)7-5-11;1-2/h1-4,8H,5-7H2;1-2H3. The molecule has 0 saturated carbocycles. The van der Waals surface area contributed by atoms with Crippen molar-refractivity contribution in [2.75, 3.05) is 0 Å². The average molecular weight is 227 g/mol. The Morgan fingerprint density at radius 1 is 1.24 bits per heavy atom. The Labute approximate surface area is 103 Å². The molecule has 0 radical (unpaired) electrons. The van der Waals surface area contributed by atoms with E-state index in [-0.39, 0.29) is 0 Å². The zero-order chi connectivity index (χ0) is 12.7. The molecule has 17 heavy (non-hydrogen) atoms. The van der Waals surface area contributed by atoms with Gasteiger partial charge in [-0.15, -0.1) is 0 Å². The summed E-state index contributed by atoms with van der Waals surface area (Å²) in [6.45, 7) is 4.00. The zero-order valence-electron chi connectivity index (χ0n) is 10.4. The number of carbonyl (C=O) groups is 1. The third-order valence-corrected chi connectivity index (χ3v) is 2.61. The number of allylic oxidation sites excluding steroid dienone is 2. The first kappa shape index (κ1) is 13.2. The summed E-state index contributed by atoms with van der Waals surface area (Å²) >= 11 is 0. The van der Waals surface area contributed by atoms with E-state index in [1.165, 1.54) is 5.57 Å². The van der Waals surface area contributed by atoms with Crippen molar-refractivity contribution in [2.45, 2.75) is 33.1 Å². The Kier molecular flexibility index (Phi) is 5.16. The molecular formula is C15H17NO. The number of hydrogen-bond acceptors (Lipinski definition) is 2. The van der Waals surface area contributed by atoms with Gasteiger partial charge in [0.05, 0.1) is 11.6 Å². The molecule has 1 aromatic carbocycles. The van der Waals surface area contributed by atoms with Gasteiger partial charge in [0.15, 0.2) is 0 Å². The molecule has 1 aliphatic rings. The second kappa shape index (κ2) is 6.65. The SMILES string of the molecule is CC.N#Cc1cccc(C2=CCC(=O)CC2)c1. The van der Waals surface area contributed by atoms with Gasteiger partial charge in [-0.2, -0.15) is 5.26 Å². The number of nitrogens with zero attached hydrogens (tertiary/aromatic N) is 1. The van der Waals surface area contributed by atoms with Crippen LogP contribution in [0.5, 0.6) is 0 Å². The van der Waals surface area contributed by atoms with Crippen LogP contribution in [0.4, 0.5) is 0 Å². The predicted molar refractivity (Wildman–Crippen MR) is 69.3 cm³/mol. The second-order valence-corrected chi connectivity index (χ2v) is 3.66. The third kappa shape index (κ3) is 3.57. The molecule has 2 heteroatoms. The fourth-order valence-electron chi connectivity index (χ4n) is 1.77. The summed E-state index contributed by atoms with van der Waals surface area (Å²) in [5, 5.41) is 8.78. The molecule has 0 bridgehead atoms. The Hall–Kier alpha value is -1.88. The summed E-state index contributed by atoms with van der Waals surface area (Å²) in [7, 11) is 0. The van der Waals surface area contributed by atoms with Crippen LogP contribution in [-0.2, 0) is 4.79 Å². The van der Waals surface area contributed by atoms with Crippen LogP contribution in [0.3, 0.4) is 0 Å². The number of ketones is 1. The van der Waals surface area contributed by atoms with Crippen molar-refractivity contribution in [3.63, 3.8) is 0 Å². The Morgan fingerprint density at radius 2 is 2.00 bits per heavy atom. The molecule has 0 fully saturated rings. The van der Waals surface area contributed by atoms with Gasteiger partial charge in [-0.1, -0.05) is 32.1 Å². The highest BCUT2D eigenvalue weighted by molar-refractivity contribution is 5.86.